The van der Waals surface area contributed by atoms with Crippen molar-refractivity contribution in [3.63, 3.8) is 0 Å². The molecule has 9 heteroatoms. The van der Waals surface area contributed by atoms with Crippen molar-refractivity contribution in [1.82, 2.24) is 10.2 Å². The van der Waals surface area contributed by atoms with Crippen molar-refractivity contribution >= 4 is 17.5 Å². The third-order valence-corrected chi connectivity index (χ3v) is 6.68. The van der Waals surface area contributed by atoms with Crippen LogP contribution in [-0.4, -0.2) is 89.6 Å². The van der Waals surface area contributed by atoms with Gasteiger partial charge in [-0.15, -0.1) is 0 Å². The van der Waals surface area contributed by atoms with Crippen LogP contribution in [0.3, 0.4) is 0 Å². The third-order valence-electron chi connectivity index (χ3n) is 6.68. The summed E-state index contributed by atoms with van der Waals surface area (Å²) in [6.07, 6.45) is 1.18. The molecule has 3 atom stereocenters. The summed E-state index contributed by atoms with van der Waals surface area (Å²) < 4.78 is 21.8. The van der Waals surface area contributed by atoms with E-state index in [4.69, 9.17) is 18.9 Å². The van der Waals surface area contributed by atoms with Crippen LogP contribution in [0.1, 0.15) is 12.8 Å². The first-order valence-corrected chi connectivity index (χ1v) is 11.3. The number of carbonyl (C=O) groups is 2. The standard InChI is InChI=1S/C23H33N3O6/c1-29-18-3-4-21(30-2)19(12-18)26-14-17(11-22(26)27)23(28)24-13-20(16-5-8-32-15-16)25-6-9-31-10-7-25/h3-4,12,16-17,20H,5-11,13-15H2,1-2H3,(H,24,28). The number of carbonyl (C=O) groups excluding carboxylic acids is 2. The molecule has 0 aliphatic carbocycles. The van der Waals surface area contributed by atoms with Crippen molar-refractivity contribution in [1.29, 1.82) is 0 Å². The van der Waals surface area contributed by atoms with E-state index in [1.165, 1.54) is 0 Å². The third kappa shape index (κ3) is 5.00. The molecule has 3 fully saturated rings. The molecule has 0 saturated carbocycles. The van der Waals surface area contributed by atoms with Crippen LogP contribution in [0.5, 0.6) is 11.5 Å². The lowest BCUT2D eigenvalue weighted by molar-refractivity contribution is -0.126. The van der Waals surface area contributed by atoms with E-state index in [1.54, 1.807) is 37.3 Å². The van der Waals surface area contributed by atoms with E-state index in [1.807, 2.05) is 0 Å². The Labute approximate surface area is 188 Å². The molecule has 0 spiro atoms. The Kier molecular flexibility index (Phi) is 7.49. The summed E-state index contributed by atoms with van der Waals surface area (Å²) in [7, 11) is 3.14. The lowest BCUT2D eigenvalue weighted by Crippen LogP contribution is -2.53. The van der Waals surface area contributed by atoms with Gasteiger partial charge in [0.15, 0.2) is 0 Å². The van der Waals surface area contributed by atoms with Gasteiger partial charge in [-0.05, 0) is 18.6 Å². The molecule has 176 valence electrons. The van der Waals surface area contributed by atoms with Gasteiger partial charge in [0.2, 0.25) is 11.8 Å². The maximum atomic E-state index is 13.0. The van der Waals surface area contributed by atoms with E-state index in [0.29, 0.717) is 49.4 Å². The lowest BCUT2D eigenvalue weighted by Gasteiger charge is -2.37. The van der Waals surface area contributed by atoms with Crippen LogP contribution >= 0.6 is 0 Å². The van der Waals surface area contributed by atoms with E-state index >= 15 is 0 Å². The highest BCUT2D eigenvalue weighted by molar-refractivity contribution is 6.01. The predicted octanol–water partition coefficient (Wildman–Crippen LogP) is 0.910. The van der Waals surface area contributed by atoms with E-state index in [0.717, 1.165) is 32.7 Å². The fraction of sp³-hybridized carbons (Fsp3) is 0.652. The number of methoxy groups -OCH3 is 2. The number of hydrogen-bond donors (Lipinski definition) is 1. The first kappa shape index (κ1) is 22.8. The monoisotopic (exact) mass is 447 g/mol. The van der Waals surface area contributed by atoms with E-state index < -0.39 is 5.92 Å². The Morgan fingerprint density at radius 3 is 2.69 bits per heavy atom. The highest BCUT2D eigenvalue weighted by Crippen LogP contribution is 2.36. The van der Waals surface area contributed by atoms with Crippen LogP contribution in [0.4, 0.5) is 5.69 Å². The normalized spacial score (nSPS) is 25.1. The lowest BCUT2D eigenvalue weighted by atomic mass is 9.96. The number of nitrogens with one attached hydrogen (secondary N) is 1. The summed E-state index contributed by atoms with van der Waals surface area (Å²) >= 11 is 0. The summed E-state index contributed by atoms with van der Waals surface area (Å²) in [5, 5.41) is 3.13. The number of anilines is 1. The number of hydrogen-bond acceptors (Lipinski definition) is 7. The van der Waals surface area contributed by atoms with Gasteiger partial charge < -0.3 is 29.2 Å². The van der Waals surface area contributed by atoms with Crippen LogP contribution in [0.15, 0.2) is 18.2 Å². The molecule has 32 heavy (non-hydrogen) atoms. The number of benzene rings is 1. The number of ether oxygens (including phenoxy) is 4. The van der Waals surface area contributed by atoms with E-state index in [-0.39, 0.29) is 24.3 Å². The van der Waals surface area contributed by atoms with Crippen LogP contribution in [-0.2, 0) is 19.1 Å². The van der Waals surface area contributed by atoms with Crippen LogP contribution in [0.2, 0.25) is 0 Å². The largest absolute Gasteiger partial charge is 0.497 e. The van der Waals surface area contributed by atoms with Crippen molar-refractivity contribution in [2.45, 2.75) is 18.9 Å². The summed E-state index contributed by atoms with van der Waals surface area (Å²) in [6.45, 7) is 5.53. The quantitative estimate of drug-likeness (QED) is 0.634. The smallest absolute Gasteiger partial charge is 0.227 e. The van der Waals surface area contributed by atoms with Crippen molar-refractivity contribution in [3.8, 4) is 11.5 Å². The minimum atomic E-state index is -0.399. The molecule has 3 aliphatic rings. The maximum absolute atomic E-state index is 13.0. The highest BCUT2D eigenvalue weighted by atomic mass is 16.5. The average Bonchev–Trinajstić information content (AvgIpc) is 3.49. The Morgan fingerprint density at radius 1 is 1.19 bits per heavy atom. The Bertz CT molecular complexity index is 807. The van der Waals surface area contributed by atoms with Crippen LogP contribution < -0.4 is 19.7 Å². The summed E-state index contributed by atoms with van der Waals surface area (Å²) in [5.41, 5.74) is 0.626. The molecule has 0 radical (unpaired) electrons. The molecule has 3 heterocycles. The fourth-order valence-corrected chi connectivity index (χ4v) is 4.83. The SMILES string of the molecule is COc1ccc(OC)c(N2CC(C(=O)NCC(C3CCOC3)N3CCOCC3)CC2=O)c1. The second-order valence-electron chi connectivity index (χ2n) is 8.53. The molecular weight excluding hydrogens is 414 g/mol. The van der Waals surface area contributed by atoms with Gasteiger partial charge in [-0.3, -0.25) is 14.5 Å². The summed E-state index contributed by atoms with van der Waals surface area (Å²) in [6, 6.07) is 5.54. The van der Waals surface area contributed by atoms with E-state index in [9.17, 15) is 9.59 Å². The van der Waals surface area contributed by atoms with Gasteiger partial charge in [-0.1, -0.05) is 0 Å². The molecule has 0 aromatic heterocycles. The van der Waals surface area contributed by atoms with Crippen LogP contribution in [0, 0.1) is 11.8 Å². The summed E-state index contributed by atoms with van der Waals surface area (Å²) in [4.78, 5) is 29.8. The predicted molar refractivity (Wildman–Crippen MR) is 118 cm³/mol. The Morgan fingerprint density at radius 2 is 2.00 bits per heavy atom. The van der Waals surface area contributed by atoms with Gasteiger partial charge in [-0.25, -0.2) is 0 Å². The molecule has 0 bridgehead atoms. The topological polar surface area (TPSA) is 89.6 Å². The molecule has 9 nitrogen and oxygen atoms in total. The van der Waals surface area contributed by atoms with Gasteiger partial charge in [0.1, 0.15) is 11.5 Å². The zero-order valence-corrected chi connectivity index (χ0v) is 18.9. The zero-order valence-electron chi connectivity index (χ0n) is 18.9. The van der Waals surface area contributed by atoms with Crippen molar-refractivity contribution in [2.75, 3.05) is 71.7 Å². The molecule has 3 unspecified atom stereocenters. The van der Waals surface area contributed by atoms with Crippen molar-refractivity contribution in [3.05, 3.63) is 18.2 Å². The van der Waals surface area contributed by atoms with Crippen molar-refractivity contribution < 1.29 is 28.5 Å². The van der Waals surface area contributed by atoms with Gasteiger partial charge >= 0.3 is 0 Å². The van der Waals surface area contributed by atoms with Gasteiger partial charge in [0.05, 0.1) is 45.6 Å². The molecule has 3 saturated heterocycles. The Balaban J connectivity index is 1.40. The molecule has 1 N–H and O–H groups in total. The molecule has 1 aromatic carbocycles. The second kappa shape index (κ2) is 10.5. The van der Waals surface area contributed by atoms with Gasteiger partial charge in [0.25, 0.3) is 0 Å². The first-order chi connectivity index (χ1) is 15.6. The first-order valence-electron chi connectivity index (χ1n) is 11.3. The fourth-order valence-electron chi connectivity index (χ4n) is 4.83. The minimum Gasteiger partial charge on any atom is -0.497 e. The molecule has 3 aliphatic heterocycles. The molecule has 2 amide bonds. The second-order valence-corrected chi connectivity index (χ2v) is 8.53. The maximum Gasteiger partial charge on any atom is 0.227 e. The number of rotatable bonds is 8. The van der Waals surface area contributed by atoms with Gasteiger partial charge in [0, 0.05) is 57.2 Å². The Hall–Kier alpha value is -2.36. The molecule has 4 rings (SSSR count). The highest BCUT2D eigenvalue weighted by Gasteiger charge is 2.38. The van der Waals surface area contributed by atoms with E-state index in [2.05, 4.69) is 10.2 Å². The van der Waals surface area contributed by atoms with Gasteiger partial charge in [-0.2, -0.15) is 0 Å². The van der Waals surface area contributed by atoms with Crippen LogP contribution in [0.25, 0.3) is 0 Å². The molecule has 1 aromatic rings. The average molecular weight is 448 g/mol. The summed E-state index contributed by atoms with van der Waals surface area (Å²) in [5.74, 6) is 1.03. The number of morpholine rings is 1. The van der Waals surface area contributed by atoms with Crippen molar-refractivity contribution in [2.24, 2.45) is 11.8 Å². The molecular formula is C23H33N3O6. The number of nitrogens with zero attached hydrogens (tertiary/aromatic N) is 2. The number of amides is 2. The minimum absolute atomic E-state index is 0.0834. The zero-order chi connectivity index (χ0) is 22.5.